The SMILES string of the molecule is CCN1Cc2ccnn2CC2(COC2)C1. The van der Waals surface area contributed by atoms with Gasteiger partial charge in [-0.3, -0.25) is 9.58 Å². The molecule has 0 saturated carbocycles. The van der Waals surface area contributed by atoms with Crippen molar-refractivity contribution in [2.45, 2.75) is 20.0 Å². The molecule has 4 nitrogen and oxygen atoms in total. The normalized spacial score (nSPS) is 24.6. The first-order valence-corrected chi connectivity index (χ1v) is 5.62. The molecule has 4 heteroatoms. The molecule has 2 aliphatic rings. The van der Waals surface area contributed by atoms with Gasteiger partial charge in [0.1, 0.15) is 0 Å². The first kappa shape index (κ1) is 9.36. The van der Waals surface area contributed by atoms with E-state index in [0.717, 1.165) is 39.4 Å². The molecule has 0 atom stereocenters. The van der Waals surface area contributed by atoms with Crippen LogP contribution in [0.15, 0.2) is 12.3 Å². The zero-order valence-corrected chi connectivity index (χ0v) is 9.15. The van der Waals surface area contributed by atoms with E-state index in [1.54, 1.807) is 0 Å². The molecule has 0 unspecified atom stereocenters. The number of fused-ring (bicyclic) bond motifs is 1. The van der Waals surface area contributed by atoms with Crippen LogP contribution in [0.25, 0.3) is 0 Å². The zero-order valence-electron chi connectivity index (χ0n) is 9.15. The van der Waals surface area contributed by atoms with Crippen LogP contribution in [0.3, 0.4) is 0 Å². The molecule has 0 radical (unpaired) electrons. The van der Waals surface area contributed by atoms with Crippen LogP contribution in [0.2, 0.25) is 0 Å². The largest absolute Gasteiger partial charge is 0.380 e. The van der Waals surface area contributed by atoms with Crippen molar-refractivity contribution in [2.24, 2.45) is 5.41 Å². The van der Waals surface area contributed by atoms with E-state index in [9.17, 15) is 0 Å². The highest BCUT2D eigenvalue weighted by molar-refractivity contribution is 5.05. The maximum Gasteiger partial charge on any atom is 0.0575 e. The lowest BCUT2D eigenvalue weighted by Gasteiger charge is -2.42. The molecular weight excluding hydrogens is 190 g/mol. The van der Waals surface area contributed by atoms with Crippen LogP contribution < -0.4 is 0 Å². The van der Waals surface area contributed by atoms with Gasteiger partial charge in [0.2, 0.25) is 0 Å². The minimum absolute atomic E-state index is 0.327. The quantitative estimate of drug-likeness (QED) is 0.680. The van der Waals surface area contributed by atoms with E-state index in [4.69, 9.17) is 4.74 Å². The van der Waals surface area contributed by atoms with Crippen LogP contribution in [0.5, 0.6) is 0 Å². The summed E-state index contributed by atoms with van der Waals surface area (Å²) in [7, 11) is 0. The van der Waals surface area contributed by atoms with Crippen molar-refractivity contribution >= 4 is 0 Å². The van der Waals surface area contributed by atoms with E-state index in [-0.39, 0.29) is 0 Å². The topological polar surface area (TPSA) is 30.3 Å². The second kappa shape index (κ2) is 3.32. The molecule has 1 spiro atoms. The highest BCUT2D eigenvalue weighted by Crippen LogP contribution is 2.33. The number of hydrogen-bond donors (Lipinski definition) is 0. The fourth-order valence-corrected chi connectivity index (χ4v) is 2.56. The molecule has 3 heterocycles. The molecule has 2 aliphatic heterocycles. The Hall–Kier alpha value is -0.870. The number of ether oxygens (including phenoxy) is 1. The molecule has 0 bridgehead atoms. The Morgan fingerprint density at radius 1 is 1.47 bits per heavy atom. The summed E-state index contributed by atoms with van der Waals surface area (Å²) in [5, 5.41) is 4.40. The molecule has 0 aromatic carbocycles. The predicted molar refractivity (Wildman–Crippen MR) is 56.4 cm³/mol. The van der Waals surface area contributed by atoms with Crippen LogP contribution in [0, 0.1) is 5.41 Å². The van der Waals surface area contributed by atoms with E-state index in [2.05, 4.69) is 27.7 Å². The van der Waals surface area contributed by atoms with E-state index < -0.39 is 0 Å². The van der Waals surface area contributed by atoms with Crippen LogP contribution in [0.4, 0.5) is 0 Å². The number of aromatic nitrogens is 2. The first-order chi connectivity index (χ1) is 7.31. The molecule has 0 N–H and O–H groups in total. The predicted octanol–water partition coefficient (Wildman–Crippen LogP) is 0.735. The molecule has 82 valence electrons. The molecule has 1 aromatic rings. The molecule has 0 amide bonds. The molecule has 1 fully saturated rings. The summed E-state index contributed by atoms with van der Waals surface area (Å²) in [6, 6.07) is 2.13. The second-order valence-corrected chi connectivity index (χ2v) is 4.78. The minimum atomic E-state index is 0.327. The van der Waals surface area contributed by atoms with Crippen molar-refractivity contribution in [1.29, 1.82) is 0 Å². The fraction of sp³-hybridized carbons (Fsp3) is 0.727. The van der Waals surface area contributed by atoms with Gasteiger partial charge in [-0.1, -0.05) is 6.92 Å². The van der Waals surface area contributed by atoms with Crippen LogP contribution in [-0.2, 0) is 17.8 Å². The van der Waals surface area contributed by atoms with Gasteiger partial charge in [0, 0.05) is 24.7 Å². The summed E-state index contributed by atoms with van der Waals surface area (Å²) in [6.07, 6.45) is 1.90. The summed E-state index contributed by atoms with van der Waals surface area (Å²) in [6.45, 7) is 8.30. The zero-order chi connectivity index (χ0) is 10.3. The number of rotatable bonds is 1. The van der Waals surface area contributed by atoms with Gasteiger partial charge in [0.25, 0.3) is 0 Å². The van der Waals surface area contributed by atoms with Crippen molar-refractivity contribution in [1.82, 2.24) is 14.7 Å². The van der Waals surface area contributed by atoms with Crippen LogP contribution >= 0.6 is 0 Å². The van der Waals surface area contributed by atoms with Gasteiger partial charge in [-0.05, 0) is 12.6 Å². The van der Waals surface area contributed by atoms with Crippen molar-refractivity contribution < 1.29 is 4.74 Å². The Morgan fingerprint density at radius 2 is 2.33 bits per heavy atom. The van der Waals surface area contributed by atoms with Gasteiger partial charge in [-0.25, -0.2) is 0 Å². The fourth-order valence-electron chi connectivity index (χ4n) is 2.56. The molecule has 3 rings (SSSR count). The van der Waals surface area contributed by atoms with E-state index in [1.807, 2.05) is 6.20 Å². The summed E-state index contributed by atoms with van der Waals surface area (Å²) in [4.78, 5) is 2.49. The third kappa shape index (κ3) is 1.48. The lowest BCUT2D eigenvalue weighted by Crippen LogP contribution is -2.51. The van der Waals surface area contributed by atoms with Crippen molar-refractivity contribution in [2.75, 3.05) is 26.3 Å². The Bertz CT molecular complexity index is 356. The summed E-state index contributed by atoms with van der Waals surface area (Å²) in [5.74, 6) is 0. The van der Waals surface area contributed by atoms with Gasteiger partial charge in [0.05, 0.1) is 25.5 Å². The Morgan fingerprint density at radius 3 is 3.00 bits per heavy atom. The summed E-state index contributed by atoms with van der Waals surface area (Å²) < 4.78 is 7.54. The Balaban J connectivity index is 1.92. The lowest BCUT2D eigenvalue weighted by molar-refractivity contribution is -0.132. The maximum absolute atomic E-state index is 5.39. The first-order valence-electron chi connectivity index (χ1n) is 5.62. The molecule has 15 heavy (non-hydrogen) atoms. The molecular formula is C11H17N3O. The third-order valence-electron chi connectivity index (χ3n) is 3.50. The number of hydrogen-bond acceptors (Lipinski definition) is 3. The second-order valence-electron chi connectivity index (χ2n) is 4.78. The Labute approximate surface area is 89.8 Å². The standard InChI is InChI=1S/C11H17N3O/c1-2-13-5-10-3-4-12-14(10)7-11(6-13)8-15-9-11/h3-4H,2,5-9H2,1H3. The Kier molecular flexibility index (Phi) is 2.07. The highest BCUT2D eigenvalue weighted by atomic mass is 16.5. The average Bonchev–Trinajstić information content (AvgIpc) is 2.54. The molecule has 1 saturated heterocycles. The smallest absolute Gasteiger partial charge is 0.0575 e. The van der Waals surface area contributed by atoms with Crippen molar-refractivity contribution in [3.05, 3.63) is 18.0 Å². The van der Waals surface area contributed by atoms with Crippen LogP contribution in [0.1, 0.15) is 12.6 Å². The lowest BCUT2D eigenvalue weighted by atomic mass is 9.85. The summed E-state index contributed by atoms with van der Waals surface area (Å²) in [5.41, 5.74) is 1.66. The molecule has 0 aliphatic carbocycles. The van der Waals surface area contributed by atoms with Gasteiger partial charge in [-0.2, -0.15) is 5.10 Å². The van der Waals surface area contributed by atoms with Crippen LogP contribution in [-0.4, -0.2) is 41.0 Å². The maximum atomic E-state index is 5.39. The van der Waals surface area contributed by atoms with E-state index in [0.29, 0.717) is 5.41 Å². The monoisotopic (exact) mass is 207 g/mol. The van der Waals surface area contributed by atoms with Gasteiger partial charge in [0.15, 0.2) is 0 Å². The van der Waals surface area contributed by atoms with Crippen molar-refractivity contribution in [3.63, 3.8) is 0 Å². The van der Waals surface area contributed by atoms with E-state index in [1.165, 1.54) is 5.69 Å². The third-order valence-corrected chi connectivity index (χ3v) is 3.50. The minimum Gasteiger partial charge on any atom is -0.380 e. The highest BCUT2D eigenvalue weighted by Gasteiger charge is 2.42. The number of nitrogens with zero attached hydrogens (tertiary/aromatic N) is 3. The summed E-state index contributed by atoms with van der Waals surface area (Å²) >= 11 is 0. The average molecular weight is 207 g/mol. The van der Waals surface area contributed by atoms with Crippen molar-refractivity contribution in [3.8, 4) is 0 Å². The van der Waals surface area contributed by atoms with Gasteiger partial charge >= 0.3 is 0 Å². The van der Waals surface area contributed by atoms with Gasteiger partial charge < -0.3 is 4.74 Å². The van der Waals surface area contributed by atoms with E-state index >= 15 is 0 Å². The van der Waals surface area contributed by atoms with Gasteiger partial charge in [-0.15, -0.1) is 0 Å². The molecule has 1 aromatic heterocycles.